The van der Waals surface area contributed by atoms with Gasteiger partial charge in [-0.2, -0.15) is 23.3 Å². The smallest absolute Gasteiger partial charge is 0.422 e. The molecule has 0 aliphatic heterocycles. The molecule has 0 bridgehead atoms. The Morgan fingerprint density at radius 1 is 1.18 bits per heavy atom. The molecule has 2 heterocycles. The van der Waals surface area contributed by atoms with E-state index in [0.29, 0.717) is 29.7 Å². The van der Waals surface area contributed by atoms with Gasteiger partial charge in [0.25, 0.3) is 5.56 Å². The summed E-state index contributed by atoms with van der Waals surface area (Å²) in [5.74, 6) is 0.0320. The van der Waals surface area contributed by atoms with Crippen LogP contribution in [0.4, 0.5) is 13.2 Å². The normalized spacial score (nSPS) is 11.4. The van der Waals surface area contributed by atoms with Crippen molar-refractivity contribution in [1.29, 1.82) is 0 Å². The van der Waals surface area contributed by atoms with Crippen molar-refractivity contribution in [2.45, 2.75) is 6.18 Å². The van der Waals surface area contributed by atoms with Crippen molar-refractivity contribution in [1.82, 2.24) is 19.7 Å². The first kappa shape index (κ1) is 19.9. The summed E-state index contributed by atoms with van der Waals surface area (Å²) in [5, 5.41) is 6.48. The number of aromatic amines is 1. The van der Waals surface area contributed by atoms with Crippen LogP contribution in [0.25, 0.3) is 16.9 Å². The number of hydrogen-bond acceptors (Lipinski definition) is 5. The highest BCUT2D eigenvalue weighted by Crippen LogP contribution is 2.23. The van der Waals surface area contributed by atoms with Crippen LogP contribution < -0.4 is 15.0 Å². The number of hydrogen-bond donors (Lipinski definition) is 1. The minimum atomic E-state index is -4.43. The maximum absolute atomic E-state index is 12.7. The van der Waals surface area contributed by atoms with E-state index in [1.807, 2.05) is 0 Å². The van der Waals surface area contributed by atoms with E-state index in [-0.39, 0.29) is 11.8 Å². The second-order valence-electron chi connectivity index (χ2n) is 5.62. The van der Waals surface area contributed by atoms with E-state index in [1.54, 1.807) is 6.20 Å². The summed E-state index contributed by atoms with van der Waals surface area (Å²) in [7, 11) is 2.50. The molecule has 3 rings (SSSR count). The fraction of sp³-hybridized carbons (Fsp3) is 0.235. The number of benzene rings is 1. The van der Waals surface area contributed by atoms with Crippen molar-refractivity contribution >= 4 is 9.24 Å². The Labute approximate surface area is 159 Å². The molecule has 11 heteroatoms. The van der Waals surface area contributed by atoms with Gasteiger partial charge in [0.1, 0.15) is 5.75 Å². The van der Waals surface area contributed by atoms with Gasteiger partial charge in [-0.3, -0.25) is 9.89 Å². The van der Waals surface area contributed by atoms with E-state index in [1.165, 1.54) is 41.1 Å². The molecule has 0 saturated carbocycles. The molecule has 7 nitrogen and oxygen atoms in total. The van der Waals surface area contributed by atoms with Gasteiger partial charge in [-0.05, 0) is 30.4 Å². The summed E-state index contributed by atoms with van der Waals surface area (Å²) in [6.07, 6.45) is -0.686. The number of aromatic nitrogens is 4. The molecule has 1 aromatic carbocycles. The lowest BCUT2D eigenvalue weighted by atomic mass is 10.2. The van der Waals surface area contributed by atoms with Crippen LogP contribution in [0.5, 0.6) is 11.8 Å². The Morgan fingerprint density at radius 2 is 1.93 bits per heavy atom. The number of halogens is 3. The van der Waals surface area contributed by atoms with Gasteiger partial charge in [-0.15, -0.1) is 9.24 Å². The van der Waals surface area contributed by atoms with Crippen molar-refractivity contribution in [2.24, 2.45) is 0 Å². The third-order valence-electron chi connectivity index (χ3n) is 3.53. The van der Waals surface area contributed by atoms with Crippen LogP contribution in [-0.4, -0.2) is 45.3 Å². The molecule has 28 heavy (non-hydrogen) atoms. The average Bonchev–Trinajstić information content (AvgIpc) is 3.19. The number of nitrogens with zero attached hydrogens (tertiary/aromatic N) is 3. The van der Waals surface area contributed by atoms with E-state index < -0.39 is 18.3 Å². The number of alkyl halides is 3. The van der Waals surface area contributed by atoms with Crippen LogP contribution in [0.15, 0.2) is 47.5 Å². The van der Waals surface area contributed by atoms with Gasteiger partial charge in [0, 0.05) is 17.8 Å². The first-order valence-electron chi connectivity index (χ1n) is 8.13. The van der Waals surface area contributed by atoms with Crippen LogP contribution >= 0.6 is 9.24 Å². The molecular formula is C17H16F3N4O3P. The van der Waals surface area contributed by atoms with Crippen LogP contribution in [0.1, 0.15) is 0 Å². The first-order valence-corrected chi connectivity index (χ1v) is 8.95. The van der Waals surface area contributed by atoms with Crippen LogP contribution in [-0.2, 0) is 0 Å². The summed E-state index contributed by atoms with van der Waals surface area (Å²) in [6, 6.07) is 7.00. The van der Waals surface area contributed by atoms with Gasteiger partial charge in [-0.25, -0.2) is 4.57 Å². The Bertz CT molecular complexity index is 973. The molecule has 0 aliphatic rings. The van der Waals surface area contributed by atoms with Crippen molar-refractivity contribution < 1.29 is 22.6 Å². The maximum atomic E-state index is 12.7. The lowest BCUT2D eigenvalue weighted by molar-refractivity contribution is -0.153. The SMILES string of the molecule is O=c1cc(-c2cn[nH]c2)nc(OCCP)n1-c1ccc(OCC(F)(F)F)cc1. The number of rotatable bonds is 7. The lowest BCUT2D eigenvalue weighted by Crippen LogP contribution is -2.22. The van der Waals surface area contributed by atoms with Crippen molar-refractivity contribution in [2.75, 3.05) is 19.4 Å². The Morgan fingerprint density at radius 3 is 2.54 bits per heavy atom. The quantitative estimate of drug-likeness (QED) is 0.604. The van der Waals surface area contributed by atoms with Crippen molar-refractivity contribution in [3.63, 3.8) is 0 Å². The maximum Gasteiger partial charge on any atom is 0.422 e. The minimum Gasteiger partial charge on any atom is -0.484 e. The lowest BCUT2D eigenvalue weighted by Gasteiger charge is -2.14. The zero-order valence-electron chi connectivity index (χ0n) is 14.4. The molecule has 0 radical (unpaired) electrons. The van der Waals surface area contributed by atoms with Crippen molar-refractivity contribution in [3.8, 4) is 28.7 Å². The highest BCUT2D eigenvalue weighted by atomic mass is 31.0. The molecular weight excluding hydrogens is 396 g/mol. The highest BCUT2D eigenvalue weighted by molar-refractivity contribution is 7.16. The summed E-state index contributed by atoms with van der Waals surface area (Å²) in [5.41, 5.74) is 0.984. The fourth-order valence-corrected chi connectivity index (χ4v) is 2.46. The summed E-state index contributed by atoms with van der Waals surface area (Å²) >= 11 is 0. The molecule has 3 aromatic rings. The second-order valence-corrected chi connectivity index (χ2v) is 6.20. The zero-order valence-corrected chi connectivity index (χ0v) is 15.6. The molecule has 0 aliphatic carbocycles. The monoisotopic (exact) mass is 412 g/mol. The zero-order chi connectivity index (χ0) is 20.1. The van der Waals surface area contributed by atoms with Gasteiger partial charge < -0.3 is 9.47 Å². The second kappa shape index (κ2) is 8.43. The molecule has 1 N–H and O–H groups in total. The predicted molar refractivity (Wildman–Crippen MR) is 99.0 cm³/mol. The first-order chi connectivity index (χ1) is 13.4. The van der Waals surface area contributed by atoms with Gasteiger partial charge >= 0.3 is 12.2 Å². The molecule has 2 aromatic heterocycles. The Hall–Kier alpha value is -2.87. The Balaban J connectivity index is 1.94. The molecule has 0 saturated heterocycles. The van der Waals surface area contributed by atoms with E-state index in [2.05, 4.69) is 29.2 Å². The predicted octanol–water partition coefficient (Wildman–Crippen LogP) is 2.82. The molecule has 0 fully saturated rings. The standard InChI is InChI=1S/C17H16F3N4O3P/c18-17(19,20)10-27-13-3-1-12(2-4-13)24-15(25)7-14(11-8-21-22-9-11)23-16(24)26-5-6-28/h1-4,7-9H,5-6,10,28H2,(H,21,22). The third-order valence-corrected chi connectivity index (χ3v) is 3.76. The molecule has 1 atom stereocenters. The largest absolute Gasteiger partial charge is 0.484 e. The molecule has 1 unspecified atom stereocenters. The average molecular weight is 412 g/mol. The fourth-order valence-electron chi connectivity index (χ4n) is 2.34. The number of ether oxygens (including phenoxy) is 2. The minimum absolute atomic E-state index is 0.0320. The van der Waals surface area contributed by atoms with E-state index in [0.717, 1.165) is 0 Å². The third kappa shape index (κ3) is 4.89. The molecule has 0 spiro atoms. The van der Waals surface area contributed by atoms with Crippen LogP contribution in [0.2, 0.25) is 0 Å². The van der Waals surface area contributed by atoms with Crippen LogP contribution in [0.3, 0.4) is 0 Å². The number of H-pyrrole nitrogens is 1. The summed E-state index contributed by atoms with van der Waals surface area (Å²) < 4.78 is 48.3. The van der Waals surface area contributed by atoms with Gasteiger partial charge in [0.05, 0.1) is 24.2 Å². The van der Waals surface area contributed by atoms with E-state index in [4.69, 9.17) is 4.74 Å². The van der Waals surface area contributed by atoms with Crippen molar-refractivity contribution in [3.05, 3.63) is 53.1 Å². The molecule has 0 amide bonds. The van der Waals surface area contributed by atoms with Gasteiger partial charge in [0.2, 0.25) is 0 Å². The van der Waals surface area contributed by atoms with Crippen LogP contribution in [0, 0.1) is 0 Å². The van der Waals surface area contributed by atoms with E-state index >= 15 is 0 Å². The number of nitrogens with one attached hydrogen (secondary N) is 1. The Kier molecular flexibility index (Phi) is 5.99. The molecule has 148 valence electrons. The van der Waals surface area contributed by atoms with Gasteiger partial charge in [-0.1, -0.05) is 0 Å². The van der Waals surface area contributed by atoms with Gasteiger partial charge in [0.15, 0.2) is 6.61 Å². The van der Waals surface area contributed by atoms with E-state index in [9.17, 15) is 18.0 Å². The topological polar surface area (TPSA) is 82.0 Å². The highest BCUT2D eigenvalue weighted by Gasteiger charge is 2.28. The summed E-state index contributed by atoms with van der Waals surface area (Å²) in [4.78, 5) is 17.1. The summed E-state index contributed by atoms with van der Waals surface area (Å²) in [6.45, 7) is -1.09.